The molecule has 0 saturated carbocycles. The highest BCUT2D eigenvalue weighted by molar-refractivity contribution is 6.32. The van der Waals surface area contributed by atoms with Gasteiger partial charge in [-0.25, -0.2) is 4.98 Å². The molecule has 1 aliphatic heterocycles. The second-order valence-electron chi connectivity index (χ2n) is 2.31. The Morgan fingerprint density at radius 2 is 2.17 bits per heavy atom. The topological polar surface area (TPSA) is 74.8 Å². The Morgan fingerprint density at radius 3 is 2.67 bits per heavy atom. The largest absolute Gasteiger partial charge is 0.344 e. The summed E-state index contributed by atoms with van der Waals surface area (Å²) in [6.07, 6.45) is 4.33. The van der Waals surface area contributed by atoms with E-state index < -0.39 is 11.8 Å². The first-order valence-electron chi connectivity index (χ1n) is 3.34. The van der Waals surface area contributed by atoms with Crippen molar-refractivity contribution >= 4 is 17.4 Å². The number of H-pyrrole nitrogens is 1. The van der Waals surface area contributed by atoms with E-state index in [9.17, 15) is 9.59 Å². The molecule has 0 saturated heterocycles. The van der Waals surface area contributed by atoms with Crippen molar-refractivity contribution in [3.63, 3.8) is 0 Å². The van der Waals surface area contributed by atoms with Gasteiger partial charge in [0.2, 0.25) is 0 Å². The van der Waals surface area contributed by atoms with Gasteiger partial charge in [-0.15, -0.1) is 0 Å². The molecule has 0 unspecified atom stereocenters. The Morgan fingerprint density at radius 1 is 1.33 bits per heavy atom. The fourth-order valence-electron chi connectivity index (χ4n) is 1.00. The molecule has 0 aromatic carbocycles. The van der Waals surface area contributed by atoms with E-state index in [1.165, 1.54) is 12.3 Å². The van der Waals surface area contributed by atoms with E-state index in [4.69, 9.17) is 0 Å². The molecule has 0 aliphatic carbocycles. The van der Waals surface area contributed by atoms with Crippen LogP contribution in [0.2, 0.25) is 0 Å². The first-order valence-corrected chi connectivity index (χ1v) is 3.34. The minimum absolute atomic E-state index is 0.282. The Bertz CT molecular complexity index is 364. The molecule has 1 aromatic heterocycles. The second-order valence-corrected chi connectivity index (χ2v) is 2.31. The lowest BCUT2D eigenvalue weighted by molar-refractivity contribution is -0.123. The van der Waals surface area contributed by atoms with E-state index in [-0.39, 0.29) is 5.57 Å². The maximum absolute atomic E-state index is 11.0. The number of imidazole rings is 1. The molecule has 2 heterocycles. The van der Waals surface area contributed by atoms with Crippen LogP contribution in [-0.4, -0.2) is 21.8 Å². The summed E-state index contributed by atoms with van der Waals surface area (Å²) in [6.45, 7) is 0. The number of amides is 2. The van der Waals surface area contributed by atoms with Crippen LogP contribution >= 0.6 is 0 Å². The molecule has 2 rings (SSSR count). The predicted molar refractivity (Wildman–Crippen MR) is 39.7 cm³/mol. The van der Waals surface area contributed by atoms with Crippen molar-refractivity contribution in [2.75, 3.05) is 0 Å². The zero-order chi connectivity index (χ0) is 8.55. The van der Waals surface area contributed by atoms with Gasteiger partial charge in [-0.1, -0.05) is 0 Å². The quantitative estimate of drug-likeness (QED) is 0.545. The molecule has 5 nitrogen and oxygen atoms in total. The van der Waals surface area contributed by atoms with Gasteiger partial charge in [0.25, 0.3) is 11.8 Å². The number of rotatable bonds is 1. The van der Waals surface area contributed by atoms with Crippen LogP contribution in [0.4, 0.5) is 0 Å². The third-order valence-electron chi connectivity index (χ3n) is 1.51. The van der Waals surface area contributed by atoms with Crippen molar-refractivity contribution in [1.29, 1.82) is 0 Å². The van der Waals surface area contributed by atoms with E-state index >= 15 is 0 Å². The van der Waals surface area contributed by atoms with Gasteiger partial charge in [0.1, 0.15) is 5.82 Å². The third-order valence-corrected chi connectivity index (χ3v) is 1.51. The monoisotopic (exact) mass is 163 g/mol. The Hall–Kier alpha value is -1.91. The Labute approximate surface area is 67.5 Å². The molecule has 60 valence electrons. The van der Waals surface area contributed by atoms with Crippen molar-refractivity contribution in [3.8, 4) is 0 Å². The number of hydrogen-bond donors (Lipinski definition) is 2. The number of imide groups is 1. The average Bonchev–Trinajstić information content (AvgIpc) is 2.58. The van der Waals surface area contributed by atoms with Gasteiger partial charge in [0.05, 0.1) is 5.57 Å². The lowest BCUT2D eigenvalue weighted by Crippen LogP contribution is -2.21. The highest BCUT2D eigenvalue weighted by atomic mass is 16.2. The summed E-state index contributed by atoms with van der Waals surface area (Å²) >= 11 is 0. The number of nitrogens with one attached hydrogen (secondary N) is 2. The second kappa shape index (κ2) is 2.30. The zero-order valence-electron chi connectivity index (χ0n) is 6.00. The molecule has 12 heavy (non-hydrogen) atoms. The molecule has 0 fully saturated rings. The van der Waals surface area contributed by atoms with Crippen LogP contribution in [0.25, 0.3) is 5.57 Å². The minimum Gasteiger partial charge on any atom is -0.344 e. The van der Waals surface area contributed by atoms with Gasteiger partial charge >= 0.3 is 0 Å². The number of carbonyl (C=O) groups excluding carboxylic acids is 2. The van der Waals surface area contributed by atoms with Crippen LogP contribution in [0, 0.1) is 0 Å². The fraction of sp³-hybridized carbons (Fsp3) is 0. The average molecular weight is 163 g/mol. The molecule has 5 heteroatoms. The molecule has 0 spiro atoms. The first-order chi connectivity index (χ1) is 5.77. The molecular weight excluding hydrogens is 158 g/mol. The van der Waals surface area contributed by atoms with Gasteiger partial charge < -0.3 is 4.98 Å². The zero-order valence-corrected chi connectivity index (χ0v) is 6.00. The Balaban J connectivity index is 2.43. The van der Waals surface area contributed by atoms with Crippen molar-refractivity contribution in [3.05, 3.63) is 24.3 Å². The van der Waals surface area contributed by atoms with Crippen molar-refractivity contribution in [2.24, 2.45) is 0 Å². The molecule has 0 bridgehead atoms. The van der Waals surface area contributed by atoms with Crippen LogP contribution < -0.4 is 5.32 Å². The lowest BCUT2D eigenvalue weighted by atomic mass is 10.2. The number of aromatic amines is 1. The van der Waals surface area contributed by atoms with Gasteiger partial charge in [0.15, 0.2) is 0 Å². The SMILES string of the molecule is O=C1C=C(c2ncc[nH]2)C(=O)N1. The maximum atomic E-state index is 11.0. The lowest BCUT2D eigenvalue weighted by Gasteiger charge is -1.91. The highest BCUT2D eigenvalue weighted by Gasteiger charge is 2.23. The van der Waals surface area contributed by atoms with Gasteiger partial charge in [-0.2, -0.15) is 0 Å². The predicted octanol–water partition coefficient (Wildman–Crippen LogP) is -0.551. The number of carbonyl (C=O) groups is 2. The first kappa shape index (κ1) is 6.78. The summed E-state index contributed by atoms with van der Waals surface area (Å²) in [5.41, 5.74) is 0.282. The summed E-state index contributed by atoms with van der Waals surface area (Å²) in [5, 5.41) is 2.12. The summed E-state index contributed by atoms with van der Waals surface area (Å²) in [6, 6.07) is 0. The molecule has 1 aromatic rings. The van der Waals surface area contributed by atoms with Crippen LogP contribution in [0.5, 0.6) is 0 Å². The molecule has 0 atom stereocenters. The third kappa shape index (κ3) is 0.914. The smallest absolute Gasteiger partial charge is 0.262 e. The maximum Gasteiger partial charge on any atom is 0.262 e. The molecule has 0 radical (unpaired) electrons. The van der Waals surface area contributed by atoms with Gasteiger partial charge in [-0.3, -0.25) is 14.9 Å². The number of hydrogen-bond acceptors (Lipinski definition) is 3. The molecular formula is C7H5N3O2. The Kier molecular flexibility index (Phi) is 1.30. The minimum atomic E-state index is -0.407. The summed E-state index contributed by atoms with van der Waals surface area (Å²) in [7, 11) is 0. The molecule has 2 amide bonds. The number of aromatic nitrogens is 2. The molecule has 2 N–H and O–H groups in total. The standard InChI is InChI=1S/C7H5N3O2/c11-5-3-4(7(12)10-5)6-8-1-2-9-6/h1-3H,(H,8,9)(H,10,11,12). The van der Waals surface area contributed by atoms with E-state index in [2.05, 4.69) is 15.3 Å². The van der Waals surface area contributed by atoms with E-state index in [1.807, 2.05) is 0 Å². The van der Waals surface area contributed by atoms with E-state index in [0.717, 1.165) is 0 Å². The summed E-state index contributed by atoms with van der Waals surface area (Å²) in [4.78, 5) is 28.3. The fourth-order valence-corrected chi connectivity index (χ4v) is 1.00. The van der Waals surface area contributed by atoms with Crippen LogP contribution in [-0.2, 0) is 9.59 Å². The van der Waals surface area contributed by atoms with E-state index in [1.54, 1.807) is 6.20 Å². The summed E-state index contributed by atoms with van der Waals surface area (Å²) in [5.74, 6) is -0.389. The van der Waals surface area contributed by atoms with Gasteiger partial charge in [-0.05, 0) is 0 Å². The van der Waals surface area contributed by atoms with Crippen LogP contribution in [0.1, 0.15) is 5.82 Å². The van der Waals surface area contributed by atoms with Crippen LogP contribution in [0.15, 0.2) is 18.5 Å². The normalized spacial score (nSPS) is 16.2. The highest BCUT2D eigenvalue weighted by Crippen LogP contribution is 2.12. The molecule has 1 aliphatic rings. The van der Waals surface area contributed by atoms with E-state index in [0.29, 0.717) is 5.82 Å². The van der Waals surface area contributed by atoms with Crippen LogP contribution in [0.3, 0.4) is 0 Å². The number of nitrogens with zero attached hydrogens (tertiary/aromatic N) is 1. The van der Waals surface area contributed by atoms with Gasteiger partial charge in [0, 0.05) is 18.5 Å². The van der Waals surface area contributed by atoms with Crippen molar-refractivity contribution in [2.45, 2.75) is 0 Å². The van der Waals surface area contributed by atoms with Crippen molar-refractivity contribution in [1.82, 2.24) is 15.3 Å². The summed E-state index contributed by atoms with van der Waals surface area (Å²) < 4.78 is 0. The van der Waals surface area contributed by atoms with Crippen molar-refractivity contribution < 1.29 is 9.59 Å².